The second-order valence-corrected chi connectivity index (χ2v) is 5.45. The molecule has 1 aromatic carbocycles. The molecule has 1 aromatic heterocycles. The quantitative estimate of drug-likeness (QED) is 0.810. The van der Waals surface area contributed by atoms with Crippen LogP contribution >= 0.6 is 23.2 Å². The molecule has 7 heteroatoms. The highest BCUT2D eigenvalue weighted by molar-refractivity contribution is 6.35. The number of halogens is 2. The highest BCUT2D eigenvalue weighted by Gasteiger charge is 2.11. The molecule has 0 aliphatic carbocycles. The van der Waals surface area contributed by atoms with E-state index in [1.807, 2.05) is 0 Å². The molecule has 0 radical (unpaired) electrons. The highest BCUT2D eigenvalue weighted by atomic mass is 35.5. The van der Waals surface area contributed by atoms with Crippen LogP contribution in [0.2, 0.25) is 10.0 Å². The number of anilines is 1. The van der Waals surface area contributed by atoms with Gasteiger partial charge < -0.3 is 10.6 Å². The average Bonchev–Trinajstić information content (AvgIpc) is 2.51. The van der Waals surface area contributed by atoms with Crippen LogP contribution in [0.4, 0.5) is 5.69 Å². The Morgan fingerprint density at radius 1 is 1.04 bits per heavy atom. The monoisotopic (exact) mass is 349 g/mol. The van der Waals surface area contributed by atoms with Gasteiger partial charge in [-0.2, -0.15) is 0 Å². The van der Waals surface area contributed by atoms with Crippen LogP contribution in [0.25, 0.3) is 0 Å². The van der Waals surface area contributed by atoms with Gasteiger partial charge in [-0.25, -0.2) is 0 Å². The third-order valence-corrected chi connectivity index (χ3v) is 3.23. The van der Waals surface area contributed by atoms with Crippen LogP contribution in [0.3, 0.4) is 0 Å². The standard InChI is InChI=1S/C16H13Cl2N3O2/c1-2-3-20-15(22)10-4-11(9-19-8-10)16(23)21-14-6-12(17)5-13(18)7-14/h2,4-9H,1,3H2,(H,20,22)(H,21,23). The Kier molecular flexibility index (Phi) is 5.73. The Labute approximate surface area is 143 Å². The van der Waals surface area contributed by atoms with Crippen molar-refractivity contribution in [1.29, 1.82) is 0 Å². The van der Waals surface area contributed by atoms with Gasteiger partial charge in [0.1, 0.15) is 0 Å². The maximum Gasteiger partial charge on any atom is 0.257 e. The van der Waals surface area contributed by atoms with E-state index in [2.05, 4.69) is 22.2 Å². The lowest BCUT2D eigenvalue weighted by molar-refractivity contribution is 0.0957. The lowest BCUT2D eigenvalue weighted by Gasteiger charge is -2.07. The molecule has 2 N–H and O–H groups in total. The molecular formula is C16H13Cl2N3O2. The van der Waals surface area contributed by atoms with Crippen molar-refractivity contribution in [2.75, 3.05) is 11.9 Å². The number of amides is 2. The van der Waals surface area contributed by atoms with Gasteiger partial charge in [0.15, 0.2) is 0 Å². The van der Waals surface area contributed by atoms with Gasteiger partial charge in [0, 0.05) is 34.7 Å². The van der Waals surface area contributed by atoms with Crippen molar-refractivity contribution in [3.05, 3.63) is 70.5 Å². The lowest BCUT2D eigenvalue weighted by atomic mass is 10.2. The number of carbonyl (C=O) groups is 2. The first-order valence-corrected chi connectivity index (χ1v) is 7.37. The fourth-order valence-corrected chi connectivity index (χ4v) is 2.31. The summed E-state index contributed by atoms with van der Waals surface area (Å²) in [5, 5.41) is 6.08. The van der Waals surface area contributed by atoms with Gasteiger partial charge in [-0.1, -0.05) is 29.3 Å². The number of pyridine rings is 1. The van der Waals surface area contributed by atoms with E-state index < -0.39 is 5.91 Å². The normalized spacial score (nSPS) is 10.0. The van der Waals surface area contributed by atoms with Gasteiger partial charge in [0.25, 0.3) is 11.8 Å². The molecule has 0 atom stereocenters. The van der Waals surface area contributed by atoms with E-state index in [4.69, 9.17) is 23.2 Å². The summed E-state index contributed by atoms with van der Waals surface area (Å²) in [6, 6.07) is 6.15. The Bertz CT molecular complexity index is 742. The highest BCUT2D eigenvalue weighted by Crippen LogP contribution is 2.22. The Morgan fingerprint density at radius 3 is 2.26 bits per heavy atom. The van der Waals surface area contributed by atoms with Crippen molar-refractivity contribution in [2.24, 2.45) is 0 Å². The molecular weight excluding hydrogens is 337 g/mol. The summed E-state index contributed by atoms with van der Waals surface area (Å²) in [5.41, 5.74) is 0.977. The second-order valence-electron chi connectivity index (χ2n) is 4.57. The van der Waals surface area contributed by atoms with Gasteiger partial charge in [0.2, 0.25) is 0 Å². The summed E-state index contributed by atoms with van der Waals surface area (Å²) < 4.78 is 0. The Balaban J connectivity index is 2.16. The van der Waals surface area contributed by atoms with Crippen molar-refractivity contribution >= 4 is 40.7 Å². The van der Waals surface area contributed by atoms with Crippen LogP contribution in [0.5, 0.6) is 0 Å². The molecule has 2 amide bonds. The molecule has 0 unspecified atom stereocenters. The molecule has 23 heavy (non-hydrogen) atoms. The Morgan fingerprint density at radius 2 is 1.65 bits per heavy atom. The first-order chi connectivity index (χ1) is 11.0. The summed E-state index contributed by atoms with van der Waals surface area (Å²) in [7, 11) is 0. The van der Waals surface area contributed by atoms with Gasteiger partial charge in [-0.3, -0.25) is 14.6 Å². The fourth-order valence-electron chi connectivity index (χ4n) is 1.78. The average molecular weight is 350 g/mol. The SMILES string of the molecule is C=CCNC(=O)c1cncc(C(=O)Nc2cc(Cl)cc(Cl)c2)c1. The van der Waals surface area contributed by atoms with E-state index in [1.165, 1.54) is 18.5 Å². The molecule has 2 aromatic rings. The minimum atomic E-state index is -0.422. The number of nitrogens with one attached hydrogen (secondary N) is 2. The van der Waals surface area contributed by atoms with E-state index in [0.29, 0.717) is 22.3 Å². The Hall–Kier alpha value is -2.37. The summed E-state index contributed by atoms with van der Waals surface area (Å²) in [6.45, 7) is 3.85. The van der Waals surface area contributed by atoms with Crippen molar-refractivity contribution in [3.8, 4) is 0 Å². The zero-order valence-corrected chi connectivity index (χ0v) is 13.5. The fraction of sp³-hybridized carbons (Fsp3) is 0.0625. The number of nitrogens with zero attached hydrogens (tertiary/aromatic N) is 1. The molecule has 0 saturated heterocycles. The number of aromatic nitrogens is 1. The smallest absolute Gasteiger partial charge is 0.257 e. The number of benzene rings is 1. The van der Waals surface area contributed by atoms with Gasteiger partial charge in [-0.15, -0.1) is 6.58 Å². The minimum Gasteiger partial charge on any atom is -0.349 e. The first-order valence-electron chi connectivity index (χ1n) is 6.61. The molecule has 0 aliphatic rings. The number of rotatable bonds is 5. The maximum atomic E-state index is 12.2. The lowest BCUT2D eigenvalue weighted by Crippen LogP contribution is -2.24. The topological polar surface area (TPSA) is 71.1 Å². The van der Waals surface area contributed by atoms with E-state index in [0.717, 1.165) is 0 Å². The molecule has 0 saturated carbocycles. The number of hydrogen-bond donors (Lipinski definition) is 2. The number of carbonyl (C=O) groups excluding carboxylic acids is 2. The molecule has 0 aliphatic heterocycles. The van der Waals surface area contributed by atoms with Crippen LogP contribution in [-0.4, -0.2) is 23.3 Å². The van der Waals surface area contributed by atoms with E-state index in [1.54, 1.807) is 24.3 Å². The predicted molar refractivity (Wildman–Crippen MR) is 91.2 cm³/mol. The zero-order valence-electron chi connectivity index (χ0n) is 12.0. The van der Waals surface area contributed by atoms with Crippen LogP contribution in [0.1, 0.15) is 20.7 Å². The molecule has 0 spiro atoms. The molecule has 0 fully saturated rings. The first kappa shape index (κ1) is 17.0. The maximum absolute atomic E-state index is 12.2. The van der Waals surface area contributed by atoms with E-state index in [9.17, 15) is 9.59 Å². The molecule has 2 rings (SSSR count). The molecule has 1 heterocycles. The zero-order chi connectivity index (χ0) is 16.8. The van der Waals surface area contributed by atoms with Gasteiger partial charge in [0.05, 0.1) is 11.1 Å². The van der Waals surface area contributed by atoms with Gasteiger partial charge >= 0.3 is 0 Å². The van der Waals surface area contributed by atoms with Crippen molar-refractivity contribution in [1.82, 2.24) is 10.3 Å². The molecule has 0 bridgehead atoms. The third kappa shape index (κ3) is 4.81. The largest absolute Gasteiger partial charge is 0.349 e. The molecule has 118 valence electrons. The van der Waals surface area contributed by atoms with E-state index >= 15 is 0 Å². The molecule has 5 nitrogen and oxygen atoms in total. The minimum absolute atomic E-state index is 0.243. The van der Waals surface area contributed by atoms with Crippen LogP contribution in [0, 0.1) is 0 Å². The summed E-state index contributed by atoms with van der Waals surface area (Å²) in [5.74, 6) is -0.757. The third-order valence-electron chi connectivity index (χ3n) is 2.79. The summed E-state index contributed by atoms with van der Waals surface area (Å²) >= 11 is 11.8. The van der Waals surface area contributed by atoms with Crippen LogP contribution < -0.4 is 10.6 Å². The predicted octanol–water partition coefficient (Wildman–Crippen LogP) is 3.56. The van der Waals surface area contributed by atoms with Gasteiger partial charge in [-0.05, 0) is 24.3 Å². The van der Waals surface area contributed by atoms with Crippen LogP contribution in [0.15, 0.2) is 49.3 Å². The van der Waals surface area contributed by atoms with Crippen molar-refractivity contribution < 1.29 is 9.59 Å². The van der Waals surface area contributed by atoms with Crippen molar-refractivity contribution in [3.63, 3.8) is 0 Å². The second kappa shape index (κ2) is 7.76. The summed E-state index contributed by atoms with van der Waals surface area (Å²) in [6.07, 6.45) is 4.31. The van der Waals surface area contributed by atoms with Crippen molar-refractivity contribution in [2.45, 2.75) is 0 Å². The van der Waals surface area contributed by atoms with Crippen LogP contribution in [-0.2, 0) is 0 Å². The number of hydrogen-bond acceptors (Lipinski definition) is 3. The van der Waals surface area contributed by atoms with E-state index in [-0.39, 0.29) is 17.0 Å². The summed E-state index contributed by atoms with van der Waals surface area (Å²) in [4.78, 5) is 28.0.